The van der Waals surface area contributed by atoms with Crippen LogP contribution >= 0.6 is 0 Å². The van der Waals surface area contributed by atoms with Gasteiger partial charge in [-0.3, -0.25) is 0 Å². The van der Waals surface area contributed by atoms with Crippen LogP contribution in [0.25, 0.3) is 0 Å². The fraction of sp³-hybridized carbons (Fsp3) is 0.143. The molecule has 0 aliphatic heterocycles. The Balaban J connectivity index is 2.93. The molecule has 12 heavy (non-hydrogen) atoms. The average Bonchev–Trinajstić information content (AvgIpc) is 2.58. The standard InChI is InChI=1S/C7H7NO4/c1-11-7(9)6(8-10)5-3-2-4-12-5/h2-4,10H,1H3. The van der Waals surface area contributed by atoms with E-state index >= 15 is 0 Å². The van der Waals surface area contributed by atoms with Crippen molar-refractivity contribution in [1.82, 2.24) is 0 Å². The molecule has 0 bridgehead atoms. The van der Waals surface area contributed by atoms with Gasteiger partial charge in [0.25, 0.3) is 0 Å². The molecule has 1 aromatic heterocycles. The van der Waals surface area contributed by atoms with Crippen molar-refractivity contribution < 1.29 is 19.2 Å². The van der Waals surface area contributed by atoms with Gasteiger partial charge in [-0.15, -0.1) is 0 Å². The number of rotatable bonds is 2. The third kappa shape index (κ3) is 1.45. The van der Waals surface area contributed by atoms with Crippen LogP contribution in [0.15, 0.2) is 28.0 Å². The van der Waals surface area contributed by atoms with Crippen molar-refractivity contribution in [1.29, 1.82) is 0 Å². The van der Waals surface area contributed by atoms with Crippen molar-refractivity contribution in [3.63, 3.8) is 0 Å². The maximum absolute atomic E-state index is 10.9. The summed E-state index contributed by atoms with van der Waals surface area (Å²) < 4.78 is 9.16. The number of carbonyl (C=O) groups excluding carboxylic acids is 1. The van der Waals surface area contributed by atoms with Crippen molar-refractivity contribution in [2.24, 2.45) is 5.16 Å². The SMILES string of the molecule is COC(=O)C(=NO)c1ccco1. The van der Waals surface area contributed by atoms with Gasteiger partial charge in [-0.2, -0.15) is 0 Å². The van der Waals surface area contributed by atoms with Crippen LogP contribution < -0.4 is 0 Å². The summed E-state index contributed by atoms with van der Waals surface area (Å²) in [6.07, 6.45) is 1.36. The van der Waals surface area contributed by atoms with Gasteiger partial charge < -0.3 is 14.4 Å². The minimum atomic E-state index is -0.743. The first-order chi connectivity index (χ1) is 5.79. The first-order valence-corrected chi connectivity index (χ1v) is 3.14. The third-order valence-electron chi connectivity index (χ3n) is 1.23. The minimum Gasteiger partial charge on any atom is -0.464 e. The van der Waals surface area contributed by atoms with Crippen LogP contribution in [0.4, 0.5) is 0 Å². The molecule has 0 amide bonds. The first kappa shape index (κ1) is 8.32. The van der Waals surface area contributed by atoms with Gasteiger partial charge in [-0.05, 0) is 12.1 Å². The van der Waals surface area contributed by atoms with E-state index in [0.717, 1.165) is 0 Å². The van der Waals surface area contributed by atoms with Gasteiger partial charge in [0.05, 0.1) is 13.4 Å². The van der Waals surface area contributed by atoms with E-state index < -0.39 is 5.97 Å². The number of oxime groups is 1. The summed E-state index contributed by atoms with van der Waals surface area (Å²) in [6.45, 7) is 0. The van der Waals surface area contributed by atoms with Crippen molar-refractivity contribution in [2.45, 2.75) is 0 Å². The minimum absolute atomic E-state index is 0.171. The lowest BCUT2D eigenvalue weighted by atomic mass is 10.3. The van der Waals surface area contributed by atoms with Gasteiger partial charge in [-0.1, -0.05) is 5.16 Å². The topological polar surface area (TPSA) is 72.0 Å². The van der Waals surface area contributed by atoms with Gasteiger partial charge in [0.2, 0.25) is 5.71 Å². The highest BCUT2D eigenvalue weighted by atomic mass is 16.5. The van der Waals surface area contributed by atoms with Crippen LogP contribution in [0.2, 0.25) is 0 Å². The Kier molecular flexibility index (Phi) is 2.47. The molecule has 0 atom stereocenters. The molecule has 0 saturated heterocycles. The summed E-state index contributed by atoms with van der Waals surface area (Å²) in [5.41, 5.74) is -0.248. The predicted molar refractivity (Wildman–Crippen MR) is 39.0 cm³/mol. The Morgan fingerprint density at radius 1 is 1.75 bits per heavy atom. The van der Waals surface area contributed by atoms with Crippen LogP contribution in [-0.2, 0) is 9.53 Å². The van der Waals surface area contributed by atoms with E-state index in [0.29, 0.717) is 0 Å². The van der Waals surface area contributed by atoms with E-state index in [2.05, 4.69) is 9.89 Å². The lowest BCUT2D eigenvalue weighted by Crippen LogP contribution is -2.16. The van der Waals surface area contributed by atoms with E-state index in [1.165, 1.54) is 19.4 Å². The normalized spacial score (nSPS) is 11.2. The van der Waals surface area contributed by atoms with Crippen molar-refractivity contribution >= 4 is 11.7 Å². The Morgan fingerprint density at radius 2 is 2.50 bits per heavy atom. The van der Waals surface area contributed by atoms with Gasteiger partial charge in [0.1, 0.15) is 0 Å². The average molecular weight is 169 g/mol. The molecule has 1 aromatic rings. The first-order valence-electron chi connectivity index (χ1n) is 3.14. The number of carbonyl (C=O) groups is 1. The number of furan rings is 1. The molecule has 5 heteroatoms. The van der Waals surface area contributed by atoms with E-state index in [1.807, 2.05) is 0 Å². The molecule has 0 aromatic carbocycles. The lowest BCUT2D eigenvalue weighted by Gasteiger charge is -1.96. The molecule has 0 fully saturated rings. The smallest absolute Gasteiger partial charge is 0.364 e. The second-order valence-electron chi connectivity index (χ2n) is 1.92. The van der Waals surface area contributed by atoms with E-state index in [9.17, 15) is 4.79 Å². The second-order valence-corrected chi connectivity index (χ2v) is 1.92. The highest BCUT2D eigenvalue weighted by Gasteiger charge is 2.17. The zero-order valence-electron chi connectivity index (χ0n) is 6.35. The van der Waals surface area contributed by atoms with Gasteiger partial charge in [0.15, 0.2) is 5.76 Å². The molecule has 1 rings (SSSR count). The zero-order chi connectivity index (χ0) is 8.97. The van der Waals surface area contributed by atoms with Gasteiger partial charge >= 0.3 is 5.97 Å². The molecule has 0 radical (unpaired) electrons. The van der Waals surface area contributed by atoms with Crippen molar-refractivity contribution in [3.05, 3.63) is 24.2 Å². The van der Waals surface area contributed by atoms with Crippen LogP contribution in [0.1, 0.15) is 5.76 Å². The van der Waals surface area contributed by atoms with E-state index in [4.69, 9.17) is 9.62 Å². The summed E-state index contributed by atoms with van der Waals surface area (Å²) >= 11 is 0. The Hall–Kier alpha value is -1.78. The Morgan fingerprint density at radius 3 is 2.92 bits per heavy atom. The molecule has 1 N–H and O–H groups in total. The summed E-state index contributed by atoms with van der Waals surface area (Å²) in [7, 11) is 1.19. The van der Waals surface area contributed by atoms with Crippen LogP contribution in [-0.4, -0.2) is 24.0 Å². The fourth-order valence-corrected chi connectivity index (χ4v) is 0.701. The van der Waals surface area contributed by atoms with E-state index in [-0.39, 0.29) is 11.5 Å². The largest absolute Gasteiger partial charge is 0.464 e. The van der Waals surface area contributed by atoms with Crippen molar-refractivity contribution in [3.8, 4) is 0 Å². The Bertz CT molecular complexity index is 288. The molecule has 64 valence electrons. The lowest BCUT2D eigenvalue weighted by molar-refractivity contribution is -0.132. The quantitative estimate of drug-likeness (QED) is 0.305. The summed E-state index contributed by atoms with van der Waals surface area (Å²) in [5.74, 6) is -0.572. The zero-order valence-corrected chi connectivity index (χ0v) is 6.35. The molecule has 0 saturated carbocycles. The van der Waals surface area contributed by atoms with Crippen molar-refractivity contribution in [2.75, 3.05) is 7.11 Å². The molecule has 0 unspecified atom stereocenters. The maximum Gasteiger partial charge on any atom is 0.364 e. The molecule has 5 nitrogen and oxygen atoms in total. The Labute approximate surface area is 68.2 Å². The van der Waals surface area contributed by atoms with Crippen LogP contribution in [0.5, 0.6) is 0 Å². The molecule has 0 aliphatic carbocycles. The number of methoxy groups -OCH3 is 1. The summed E-state index contributed by atoms with van der Waals surface area (Å²) in [6, 6.07) is 3.06. The monoisotopic (exact) mass is 169 g/mol. The molecule has 0 aliphatic rings. The molecule has 0 spiro atoms. The third-order valence-corrected chi connectivity index (χ3v) is 1.23. The van der Waals surface area contributed by atoms with Crippen LogP contribution in [0.3, 0.4) is 0 Å². The van der Waals surface area contributed by atoms with Crippen LogP contribution in [0, 0.1) is 0 Å². The number of esters is 1. The number of nitrogens with zero attached hydrogens (tertiary/aromatic N) is 1. The van der Waals surface area contributed by atoms with E-state index in [1.54, 1.807) is 6.07 Å². The predicted octanol–water partition coefficient (Wildman–Crippen LogP) is 0.631. The maximum atomic E-state index is 10.9. The van der Waals surface area contributed by atoms with Gasteiger partial charge in [-0.25, -0.2) is 4.79 Å². The molecular weight excluding hydrogens is 162 g/mol. The molecule has 1 heterocycles. The summed E-state index contributed by atoms with van der Waals surface area (Å²) in [5, 5.41) is 11.2. The highest BCUT2D eigenvalue weighted by molar-refractivity contribution is 6.42. The highest BCUT2D eigenvalue weighted by Crippen LogP contribution is 2.03. The molecular formula is C7H7NO4. The number of hydrogen-bond acceptors (Lipinski definition) is 5. The summed E-state index contributed by atoms with van der Waals surface area (Å²) in [4.78, 5) is 10.9. The van der Waals surface area contributed by atoms with Gasteiger partial charge in [0, 0.05) is 0 Å². The number of ether oxygens (including phenoxy) is 1. The number of hydrogen-bond donors (Lipinski definition) is 1. The second kappa shape index (κ2) is 3.56. The fourth-order valence-electron chi connectivity index (χ4n) is 0.701.